The summed E-state index contributed by atoms with van der Waals surface area (Å²) in [6.45, 7) is 4.23. The fourth-order valence-corrected chi connectivity index (χ4v) is 1.90. The van der Waals surface area contributed by atoms with Crippen molar-refractivity contribution in [3.05, 3.63) is 0 Å². The number of carboxylic acid groups (broad SMARTS) is 1. The molecular formula is C11H20N2O4. The first-order chi connectivity index (χ1) is 7.85. The molecule has 0 bridgehead atoms. The summed E-state index contributed by atoms with van der Waals surface area (Å²) in [4.78, 5) is 24.1. The zero-order valence-corrected chi connectivity index (χ0v) is 10.3. The van der Waals surface area contributed by atoms with Crippen LogP contribution in [0.15, 0.2) is 0 Å². The average Bonchev–Trinajstić information content (AvgIpc) is 2.58. The van der Waals surface area contributed by atoms with Gasteiger partial charge in [-0.25, -0.2) is 9.59 Å². The van der Waals surface area contributed by atoms with Crippen molar-refractivity contribution in [1.82, 2.24) is 10.2 Å². The lowest BCUT2D eigenvalue weighted by molar-refractivity contribution is -0.139. The molecule has 98 valence electrons. The molecule has 1 aliphatic heterocycles. The lowest BCUT2D eigenvalue weighted by Gasteiger charge is -2.22. The molecule has 1 heterocycles. The molecule has 3 N–H and O–H groups in total. The summed E-state index contributed by atoms with van der Waals surface area (Å²) in [6, 6.07) is -1.26. The Bertz CT molecular complexity index is 304. The molecule has 1 unspecified atom stereocenters. The quantitative estimate of drug-likeness (QED) is 0.668. The molecule has 17 heavy (non-hydrogen) atoms. The highest BCUT2D eigenvalue weighted by Crippen LogP contribution is 2.20. The molecule has 6 heteroatoms. The van der Waals surface area contributed by atoms with Gasteiger partial charge >= 0.3 is 12.0 Å². The number of carbonyl (C=O) groups is 2. The van der Waals surface area contributed by atoms with Gasteiger partial charge < -0.3 is 20.4 Å². The second kappa shape index (κ2) is 5.35. The van der Waals surface area contributed by atoms with Crippen LogP contribution in [0.4, 0.5) is 4.79 Å². The van der Waals surface area contributed by atoms with E-state index >= 15 is 0 Å². The van der Waals surface area contributed by atoms with Crippen LogP contribution in [-0.2, 0) is 4.79 Å². The predicted molar refractivity (Wildman–Crippen MR) is 61.7 cm³/mol. The molecule has 0 saturated carbocycles. The van der Waals surface area contributed by atoms with Crippen molar-refractivity contribution < 1.29 is 19.8 Å². The Morgan fingerprint density at radius 2 is 2.18 bits per heavy atom. The van der Waals surface area contributed by atoms with E-state index in [1.807, 2.05) is 6.92 Å². The number of β-amino-alcohol motifs (C(OH)–C–C–N with tert-alkyl or cyclic N) is 1. The summed E-state index contributed by atoms with van der Waals surface area (Å²) in [5.74, 6) is -1.02. The van der Waals surface area contributed by atoms with Gasteiger partial charge in [-0.15, -0.1) is 0 Å². The van der Waals surface area contributed by atoms with Gasteiger partial charge in [0.25, 0.3) is 0 Å². The van der Waals surface area contributed by atoms with Crippen LogP contribution >= 0.6 is 0 Å². The summed E-state index contributed by atoms with van der Waals surface area (Å²) in [7, 11) is 0. The van der Waals surface area contributed by atoms with E-state index in [1.54, 1.807) is 6.92 Å². The van der Waals surface area contributed by atoms with E-state index in [2.05, 4.69) is 5.32 Å². The van der Waals surface area contributed by atoms with E-state index in [4.69, 9.17) is 5.11 Å². The maximum absolute atomic E-state index is 11.8. The second-order valence-corrected chi connectivity index (χ2v) is 4.80. The maximum atomic E-state index is 11.8. The third kappa shape index (κ3) is 3.89. The zero-order chi connectivity index (χ0) is 13.1. The van der Waals surface area contributed by atoms with Crippen LogP contribution in [0.1, 0.15) is 33.1 Å². The number of hydrogen-bond donors (Lipinski definition) is 3. The van der Waals surface area contributed by atoms with Crippen LogP contribution in [-0.4, -0.2) is 51.8 Å². The SMILES string of the molecule is CCC[C@H](NC(=O)N1CCC(C)(O)C1)C(=O)O. The Labute approximate surface area is 101 Å². The molecule has 0 aromatic heterocycles. The molecule has 1 fully saturated rings. The van der Waals surface area contributed by atoms with E-state index in [0.29, 0.717) is 25.8 Å². The van der Waals surface area contributed by atoms with Gasteiger partial charge in [-0.05, 0) is 19.8 Å². The molecule has 1 aliphatic rings. The molecule has 0 aromatic rings. The minimum Gasteiger partial charge on any atom is -0.480 e. The topological polar surface area (TPSA) is 89.9 Å². The normalized spacial score (nSPS) is 25.7. The van der Waals surface area contributed by atoms with Crippen LogP contribution in [0.25, 0.3) is 0 Å². The molecule has 0 aromatic carbocycles. The van der Waals surface area contributed by atoms with Gasteiger partial charge in [-0.3, -0.25) is 0 Å². The van der Waals surface area contributed by atoms with Crippen molar-refractivity contribution in [3.63, 3.8) is 0 Å². The van der Waals surface area contributed by atoms with Crippen molar-refractivity contribution in [2.75, 3.05) is 13.1 Å². The largest absolute Gasteiger partial charge is 0.480 e. The molecule has 1 rings (SSSR count). The molecule has 2 atom stereocenters. The van der Waals surface area contributed by atoms with Gasteiger partial charge in [-0.2, -0.15) is 0 Å². The van der Waals surface area contributed by atoms with Gasteiger partial charge in [-0.1, -0.05) is 13.3 Å². The molecule has 1 saturated heterocycles. The third-order valence-corrected chi connectivity index (χ3v) is 2.91. The number of likely N-dealkylation sites (tertiary alicyclic amines) is 1. The maximum Gasteiger partial charge on any atom is 0.326 e. The third-order valence-electron chi connectivity index (χ3n) is 2.91. The number of hydrogen-bond acceptors (Lipinski definition) is 3. The smallest absolute Gasteiger partial charge is 0.326 e. The first kappa shape index (κ1) is 13.8. The Hall–Kier alpha value is -1.30. The van der Waals surface area contributed by atoms with Crippen LogP contribution in [0, 0.1) is 0 Å². The minimum atomic E-state index is -1.02. The standard InChI is InChI=1S/C11H20N2O4/c1-3-4-8(9(14)15)12-10(16)13-6-5-11(2,17)7-13/h8,17H,3-7H2,1-2H3,(H,12,16)(H,14,15)/t8-,11?/m0/s1. The lowest BCUT2D eigenvalue weighted by Crippen LogP contribution is -2.48. The summed E-state index contributed by atoms with van der Waals surface area (Å²) in [6.07, 6.45) is 1.62. The monoisotopic (exact) mass is 244 g/mol. The van der Waals surface area contributed by atoms with Crippen molar-refractivity contribution in [2.24, 2.45) is 0 Å². The highest BCUT2D eigenvalue weighted by atomic mass is 16.4. The zero-order valence-electron chi connectivity index (χ0n) is 10.3. The van der Waals surface area contributed by atoms with Gasteiger partial charge in [0.1, 0.15) is 6.04 Å². The fraction of sp³-hybridized carbons (Fsp3) is 0.818. The number of aliphatic carboxylic acids is 1. The van der Waals surface area contributed by atoms with E-state index in [0.717, 1.165) is 0 Å². The number of aliphatic hydroxyl groups is 1. The Morgan fingerprint density at radius 1 is 1.53 bits per heavy atom. The van der Waals surface area contributed by atoms with Crippen molar-refractivity contribution in [3.8, 4) is 0 Å². The number of rotatable bonds is 4. The van der Waals surface area contributed by atoms with Crippen LogP contribution in [0.2, 0.25) is 0 Å². The number of nitrogens with one attached hydrogen (secondary N) is 1. The van der Waals surface area contributed by atoms with Crippen LogP contribution in [0.5, 0.6) is 0 Å². The predicted octanol–water partition coefficient (Wildman–Crippen LogP) is 0.406. The van der Waals surface area contributed by atoms with E-state index in [9.17, 15) is 14.7 Å². The number of urea groups is 1. The Kier molecular flexibility index (Phi) is 4.34. The van der Waals surface area contributed by atoms with E-state index in [1.165, 1.54) is 4.90 Å². The van der Waals surface area contributed by atoms with Gasteiger partial charge in [0, 0.05) is 6.54 Å². The molecule has 6 nitrogen and oxygen atoms in total. The highest BCUT2D eigenvalue weighted by molar-refractivity contribution is 5.82. The van der Waals surface area contributed by atoms with E-state index < -0.39 is 23.6 Å². The summed E-state index contributed by atoms with van der Waals surface area (Å²) in [5.41, 5.74) is -0.860. The molecule has 0 radical (unpaired) electrons. The minimum absolute atomic E-state index is 0.247. The van der Waals surface area contributed by atoms with Gasteiger partial charge in [0.15, 0.2) is 0 Å². The first-order valence-corrected chi connectivity index (χ1v) is 5.86. The number of carboxylic acids is 1. The van der Waals surface area contributed by atoms with Crippen LogP contribution < -0.4 is 5.32 Å². The molecule has 0 aliphatic carbocycles. The molecular weight excluding hydrogens is 224 g/mol. The summed E-state index contributed by atoms with van der Waals surface area (Å²) in [5, 5.41) is 21.1. The van der Waals surface area contributed by atoms with E-state index in [-0.39, 0.29) is 6.54 Å². The van der Waals surface area contributed by atoms with Crippen molar-refractivity contribution >= 4 is 12.0 Å². The first-order valence-electron chi connectivity index (χ1n) is 5.86. The second-order valence-electron chi connectivity index (χ2n) is 4.80. The van der Waals surface area contributed by atoms with Gasteiger partial charge in [0.2, 0.25) is 0 Å². The van der Waals surface area contributed by atoms with Gasteiger partial charge in [0.05, 0.1) is 12.1 Å². The summed E-state index contributed by atoms with van der Waals surface area (Å²) >= 11 is 0. The Morgan fingerprint density at radius 3 is 2.59 bits per heavy atom. The number of amides is 2. The lowest BCUT2D eigenvalue weighted by atomic mass is 10.1. The summed E-state index contributed by atoms with van der Waals surface area (Å²) < 4.78 is 0. The molecule has 2 amide bonds. The van der Waals surface area contributed by atoms with Crippen molar-refractivity contribution in [1.29, 1.82) is 0 Å². The van der Waals surface area contributed by atoms with Crippen LogP contribution in [0.3, 0.4) is 0 Å². The average molecular weight is 244 g/mol. The fourth-order valence-electron chi connectivity index (χ4n) is 1.90. The Balaban J connectivity index is 2.51. The van der Waals surface area contributed by atoms with Crippen molar-refractivity contribution in [2.45, 2.75) is 44.8 Å². The number of carbonyl (C=O) groups excluding carboxylic acids is 1. The number of nitrogens with zero attached hydrogens (tertiary/aromatic N) is 1. The highest BCUT2D eigenvalue weighted by Gasteiger charge is 2.35. The molecule has 0 spiro atoms.